The van der Waals surface area contributed by atoms with E-state index in [1.54, 1.807) is 6.92 Å². The second kappa shape index (κ2) is 16.7. The van der Waals surface area contributed by atoms with E-state index in [-0.39, 0.29) is 25.6 Å². The van der Waals surface area contributed by atoms with E-state index < -0.39 is 14.8 Å². The Morgan fingerprint density at radius 1 is 0.821 bits per heavy atom. The molecule has 0 amide bonds. The first-order valence-corrected chi connectivity index (χ1v) is 11.8. The van der Waals surface area contributed by atoms with Crippen molar-refractivity contribution in [3.05, 3.63) is 12.2 Å². The molecule has 0 atom stereocenters. The van der Waals surface area contributed by atoms with Gasteiger partial charge in [-0.3, -0.25) is 4.79 Å². The van der Waals surface area contributed by atoms with Crippen molar-refractivity contribution in [1.82, 2.24) is 0 Å². The van der Waals surface area contributed by atoms with Crippen molar-refractivity contribution in [2.75, 3.05) is 46.2 Å². The molecule has 0 N–H and O–H groups in total. The van der Waals surface area contributed by atoms with Gasteiger partial charge in [0.15, 0.2) is 0 Å². The second-order valence-electron chi connectivity index (χ2n) is 5.94. The summed E-state index contributed by atoms with van der Waals surface area (Å²) < 4.78 is 32.7. The van der Waals surface area contributed by atoms with Crippen molar-refractivity contribution in [1.29, 1.82) is 0 Å². The quantitative estimate of drug-likeness (QED) is 0.145. The van der Waals surface area contributed by atoms with Crippen LogP contribution in [0.4, 0.5) is 0 Å². The molecular weight excluding hydrogens is 384 g/mol. The SMILES string of the molecule is C=C(C)C(=O)OCCOCCCC(=O)OCCC[Si](OCC)(OCC)OCC. The van der Waals surface area contributed by atoms with Crippen LogP contribution in [0, 0.1) is 0 Å². The largest absolute Gasteiger partial charge is 0.501 e. The lowest BCUT2D eigenvalue weighted by molar-refractivity contribution is -0.144. The highest BCUT2D eigenvalue weighted by Gasteiger charge is 2.39. The maximum Gasteiger partial charge on any atom is 0.501 e. The molecule has 164 valence electrons. The van der Waals surface area contributed by atoms with Crippen LogP contribution >= 0.6 is 0 Å². The molecule has 28 heavy (non-hydrogen) atoms. The van der Waals surface area contributed by atoms with Gasteiger partial charge in [0, 0.05) is 44.5 Å². The van der Waals surface area contributed by atoms with Crippen LogP contribution in [0.25, 0.3) is 0 Å². The van der Waals surface area contributed by atoms with E-state index in [9.17, 15) is 9.59 Å². The van der Waals surface area contributed by atoms with Crippen molar-refractivity contribution in [3.8, 4) is 0 Å². The predicted molar refractivity (Wildman–Crippen MR) is 107 cm³/mol. The molecule has 0 rings (SSSR count). The normalized spacial score (nSPS) is 11.3. The van der Waals surface area contributed by atoms with Crippen molar-refractivity contribution < 1.29 is 37.1 Å². The zero-order valence-electron chi connectivity index (χ0n) is 17.8. The average molecular weight is 421 g/mol. The van der Waals surface area contributed by atoms with Crippen molar-refractivity contribution >= 4 is 20.7 Å². The molecule has 0 radical (unpaired) electrons. The van der Waals surface area contributed by atoms with Crippen LogP contribution in [-0.2, 0) is 37.1 Å². The summed E-state index contributed by atoms with van der Waals surface area (Å²) in [5.74, 6) is -0.703. The van der Waals surface area contributed by atoms with E-state index in [1.165, 1.54) is 0 Å². The van der Waals surface area contributed by atoms with Crippen LogP contribution in [0.5, 0.6) is 0 Å². The minimum atomic E-state index is -2.68. The van der Waals surface area contributed by atoms with Crippen molar-refractivity contribution in [2.45, 2.75) is 53.0 Å². The van der Waals surface area contributed by atoms with E-state index in [4.69, 9.17) is 27.5 Å². The topological polar surface area (TPSA) is 89.5 Å². The van der Waals surface area contributed by atoms with E-state index in [1.807, 2.05) is 20.8 Å². The third-order valence-corrected chi connectivity index (χ3v) is 6.61. The molecule has 0 bridgehead atoms. The van der Waals surface area contributed by atoms with Gasteiger partial charge in [-0.15, -0.1) is 0 Å². The van der Waals surface area contributed by atoms with Crippen LogP contribution in [0.15, 0.2) is 12.2 Å². The number of rotatable bonds is 18. The van der Waals surface area contributed by atoms with Gasteiger partial charge in [0.05, 0.1) is 13.2 Å². The molecule has 0 aliphatic rings. The maximum absolute atomic E-state index is 11.8. The minimum Gasteiger partial charge on any atom is -0.466 e. The standard InChI is InChI=1S/C19H36O8Si/c1-6-25-28(26-7-2,27-8-3)16-10-13-23-18(20)11-9-12-22-14-15-24-19(21)17(4)5/h4,6-16H2,1-3,5H3. The van der Waals surface area contributed by atoms with Crippen LogP contribution in [-0.4, -0.2) is 67.0 Å². The molecule has 0 aromatic heterocycles. The van der Waals surface area contributed by atoms with Crippen LogP contribution in [0.3, 0.4) is 0 Å². The van der Waals surface area contributed by atoms with E-state index in [2.05, 4.69) is 6.58 Å². The Morgan fingerprint density at radius 3 is 1.96 bits per heavy atom. The van der Waals surface area contributed by atoms with Gasteiger partial charge in [-0.25, -0.2) is 4.79 Å². The highest BCUT2D eigenvalue weighted by Crippen LogP contribution is 2.18. The third kappa shape index (κ3) is 13.0. The number of carbonyl (C=O) groups excluding carboxylic acids is 2. The Labute approximate surface area is 169 Å². The molecule has 0 unspecified atom stereocenters. The predicted octanol–water partition coefficient (Wildman–Crippen LogP) is 2.88. The Bertz CT molecular complexity index is 438. The van der Waals surface area contributed by atoms with Gasteiger partial charge >= 0.3 is 20.7 Å². The van der Waals surface area contributed by atoms with Crippen molar-refractivity contribution in [2.24, 2.45) is 0 Å². The molecule has 0 fully saturated rings. The third-order valence-electron chi connectivity index (χ3n) is 3.46. The molecule has 0 aromatic rings. The maximum atomic E-state index is 11.8. The zero-order valence-corrected chi connectivity index (χ0v) is 18.8. The van der Waals surface area contributed by atoms with Gasteiger partial charge in [0.1, 0.15) is 6.61 Å². The lowest BCUT2D eigenvalue weighted by atomic mass is 10.3. The van der Waals surface area contributed by atoms with Gasteiger partial charge in [-0.1, -0.05) is 6.58 Å². The van der Waals surface area contributed by atoms with Crippen LogP contribution < -0.4 is 0 Å². The van der Waals surface area contributed by atoms with E-state index in [0.29, 0.717) is 57.5 Å². The summed E-state index contributed by atoms with van der Waals surface area (Å²) in [4.78, 5) is 22.9. The summed E-state index contributed by atoms with van der Waals surface area (Å²) in [6.07, 6.45) is 1.45. The number of esters is 2. The smallest absolute Gasteiger partial charge is 0.466 e. The fourth-order valence-corrected chi connectivity index (χ4v) is 4.87. The number of carbonyl (C=O) groups is 2. The summed E-state index contributed by atoms with van der Waals surface area (Å²) in [7, 11) is -2.68. The number of hydrogen-bond donors (Lipinski definition) is 0. The van der Waals surface area contributed by atoms with E-state index >= 15 is 0 Å². The first-order valence-electron chi connectivity index (χ1n) is 9.88. The molecular formula is C19H36O8Si. The zero-order chi connectivity index (χ0) is 21.3. The van der Waals surface area contributed by atoms with E-state index in [0.717, 1.165) is 0 Å². The summed E-state index contributed by atoms with van der Waals surface area (Å²) in [5, 5.41) is 0. The summed E-state index contributed by atoms with van der Waals surface area (Å²) >= 11 is 0. The average Bonchev–Trinajstić information content (AvgIpc) is 2.65. The molecule has 0 saturated carbocycles. The van der Waals surface area contributed by atoms with Gasteiger partial charge in [-0.2, -0.15) is 0 Å². The highest BCUT2D eigenvalue weighted by atomic mass is 28.4. The minimum absolute atomic E-state index is 0.168. The summed E-state index contributed by atoms with van der Waals surface area (Å²) in [5.41, 5.74) is 0.353. The van der Waals surface area contributed by atoms with Gasteiger partial charge in [0.2, 0.25) is 0 Å². The number of ether oxygens (including phenoxy) is 3. The molecule has 0 saturated heterocycles. The first kappa shape index (κ1) is 26.7. The fraction of sp³-hybridized carbons (Fsp3) is 0.789. The van der Waals surface area contributed by atoms with Gasteiger partial charge in [0.25, 0.3) is 0 Å². The Hall–Kier alpha value is -1.26. The monoisotopic (exact) mass is 420 g/mol. The second-order valence-corrected chi connectivity index (χ2v) is 8.67. The van der Waals surface area contributed by atoms with Crippen LogP contribution in [0.2, 0.25) is 6.04 Å². The summed E-state index contributed by atoms with van der Waals surface area (Å²) in [6, 6.07) is 0.613. The first-order chi connectivity index (χ1) is 13.4. The fourth-order valence-electron chi connectivity index (χ4n) is 2.29. The highest BCUT2D eigenvalue weighted by molar-refractivity contribution is 6.60. The Balaban J connectivity index is 3.83. The molecule has 0 spiro atoms. The molecule has 0 heterocycles. The molecule has 9 heteroatoms. The Morgan fingerprint density at radius 2 is 1.43 bits per heavy atom. The van der Waals surface area contributed by atoms with Gasteiger partial charge in [-0.05, 0) is 40.5 Å². The molecule has 0 aliphatic carbocycles. The molecule has 0 aliphatic heterocycles. The number of hydrogen-bond acceptors (Lipinski definition) is 8. The molecule has 0 aromatic carbocycles. The Kier molecular flexibility index (Phi) is 15.9. The van der Waals surface area contributed by atoms with Gasteiger partial charge < -0.3 is 27.5 Å². The molecule has 8 nitrogen and oxygen atoms in total. The lowest BCUT2D eigenvalue weighted by Crippen LogP contribution is -2.46. The summed E-state index contributed by atoms with van der Waals surface area (Å²) in [6.45, 7) is 13.5. The lowest BCUT2D eigenvalue weighted by Gasteiger charge is -2.28. The van der Waals surface area contributed by atoms with Crippen molar-refractivity contribution in [3.63, 3.8) is 0 Å². The van der Waals surface area contributed by atoms with Crippen LogP contribution in [0.1, 0.15) is 47.0 Å².